The van der Waals surface area contributed by atoms with Crippen LogP contribution in [-0.4, -0.2) is 51.4 Å². The fraction of sp³-hybridized carbons (Fsp3) is 0.289. The Morgan fingerprint density at radius 2 is 1.06 bits per heavy atom. The van der Waals surface area contributed by atoms with Crippen molar-refractivity contribution in [2.75, 3.05) is 21.3 Å². The molecule has 0 saturated carbocycles. The molecule has 0 unspecified atom stereocenters. The van der Waals surface area contributed by atoms with Crippen molar-refractivity contribution in [1.82, 2.24) is 5.32 Å². The number of unbranched alkanes of at least 4 members (excludes halogenated alkanes) is 2. The van der Waals surface area contributed by atoms with Crippen LogP contribution in [0.4, 0.5) is 17.1 Å². The molecule has 282 valence electrons. The summed E-state index contributed by atoms with van der Waals surface area (Å²) in [4.78, 5) is 36.7. The number of carbonyl (C=O) groups excluding carboxylic acids is 1. The van der Waals surface area contributed by atoms with Crippen LogP contribution in [0.5, 0.6) is 0 Å². The number of carboxylic acids is 2. The van der Waals surface area contributed by atoms with Gasteiger partial charge in [-0.05, 0) is 97.0 Å². The topological polar surface area (TPSA) is 208 Å². The quantitative estimate of drug-likeness (QED) is 0.0539. The molecule has 4 aromatic rings. The van der Waals surface area contributed by atoms with E-state index in [4.69, 9.17) is 0 Å². The maximum Gasteiger partial charge on any atom is 0.337 e. The second kappa shape index (κ2) is 18.5. The molecule has 0 spiro atoms. The fourth-order valence-corrected chi connectivity index (χ4v) is 7.51. The van der Waals surface area contributed by atoms with E-state index in [0.717, 1.165) is 55.7 Å². The van der Waals surface area contributed by atoms with E-state index in [2.05, 4.69) is 33.9 Å². The minimum Gasteiger partial charge on any atom is -0.478 e. The van der Waals surface area contributed by atoms with Crippen LogP contribution in [-0.2, 0) is 44.2 Å². The van der Waals surface area contributed by atoms with Crippen molar-refractivity contribution < 1.29 is 41.4 Å². The predicted molar refractivity (Wildman–Crippen MR) is 203 cm³/mol. The zero-order valence-corrected chi connectivity index (χ0v) is 31.1. The van der Waals surface area contributed by atoms with Gasteiger partial charge in [0.1, 0.15) is 0 Å². The first-order valence-corrected chi connectivity index (χ1v) is 20.2. The first-order valence-electron chi connectivity index (χ1n) is 17.2. The highest BCUT2D eigenvalue weighted by Crippen LogP contribution is 2.25. The molecule has 0 aliphatic rings. The highest BCUT2D eigenvalue weighted by Gasteiger charge is 2.21. The maximum absolute atomic E-state index is 13.0. The molecule has 0 aliphatic heterocycles. The van der Waals surface area contributed by atoms with Crippen LogP contribution >= 0.6 is 0 Å². The highest BCUT2D eigenvalue weighted by atomic mass is 32.2. The summed E-state index contributed by atoms with van der Waals surface area (Å²) in [5.74, 6) is -3.18. The first-order chi connectivity index (χ1) is 25.2. The Morgan fingerprint density at radius 3 is 1.53 bits per heavy atom. The second-order valence-corrected chi connectivity index (χ2v) is 15.8. The molecule has 0 heterocycles. The van der Waals surface area contributed by atoms with E-state index in [-0.39, 0.29) is 57.5 Å². The molecular formula is C38H44N4O9S2. The summed E-state index contributed by atoms with van der Waals surface area (Å²) in [7, 11) is -8.13. The summed E-state index contributed by atoms with van der Waals surface area (Å²) >= 11 is 0. The largest absolute Gasteiger partial charge is 0.478 e. The van der Waals surface area contributed by atoms with Crippen molar-refractivity contribution in [1.29, 1.82) is 0 Å². The van der Waals surface area contributed by atoms with Gasteiger partial charge in [0.2, 0.25) is 5.91 Å². The monoisotopic (exact) mass is 764 g/mol. The molecule has 0 saturated heterocycles. The van der Waals surface area contributed by atoms with Gasteiger partial charge in [0.25, 0.3) is 20.0 Å². The van der Waals surface area contributed by atoms with Crippen LogP contribution in [0.15, 0.2) is 94.7 Å². The number of amides is 1. The van der Waals surface area contributed by atoms with Crippen LogP contribution in [0.1, 0.15) is 83.4 Å². The third-order valence-electron chi connectivity index (χ3n) is 8.30. The van der Waals surface area contributed by atoms with E-state index in [9.17, 15) is 41.4 Å². The van der Waals surface area contributed by atoms with E-state index in [0.29, 0.717) is 5.56 Å². The molecule has 1 amide bonds. The highest BCUT2D eigenvalue weighted by molar-refractivity contribution is 7.93. The number of benzene rings is 4. The normalized spacial score (nSPS) is 11.5. The molecule has 4 rings (SSSR count). The Bertz CT molecular complexity index is 2140. The lowest BCUT2D eigenvalue weighted by atomic mass is 10.1. The van der Waals surface area contributed by atoms with Crippen molar-refractivity contribution in [3.8, 4) is 0 Å². The fourth-order valence-electron chi connectivity index (χ4n) is 5.35. The van der Waals surface area contributed by atoms with Crippen LogP contribution in [0.3, 0.4) is 0 Å². The van der Waals surface area contributed by atoms with Crippen molar-refractivity contribution in [3.63, 3.8) is 0 Å². The van der Waals surface area contributed by atoms with E-state index >= 15 is 0 Å². The molecule has 0 radical (unpaired) electrons. The Balaban J connectivity index is 1.32. The molecule has 13 nitrogen and oxygen atoms in total. The number of sulfonamides is 2. The third kappa shape index (κ3) is 11.6. The number of aromatic carboxylic acids is 2. The summed E-state index contributed by atoms with van der Waals surface area (Å²) in [6, 6.07) is 20.9. The molecule has 53 heavy (non-hydrogen) atoms. The number of hydrogen-bond acceptors (Lipinski definition) is 8. The summed E-state index contributed by atoms with van der Waals surface area (Å²) in [5.41, 5.74) is 1.83. The molecule has 0 aromatic heterocycles. The number of carboxylic acid groups (broad SMARTS) is 2. The van der Waals surface area contributed by atoms with Gasteiger partial charge in [-0.25, -0.2) is 26.4 Å². The van der Waals surface area contributed by atoms with Gasteiger partial charge in [0, 0.05) is 25.2 Å². The number of nitrogens with one attached hydrogen (secondary N) is 4. The van der Waals surface area contributed by atoms with Crippen molar-refractivity contribution in [2.24, 2.45) is 0 Å². The molecule has 0 atom stereocenters. The van der Waals surface area contributed by atoms with Gasteiger partial charge in [-0.2, -0.15) is 0 Å². The number of carbonyl (C=O) groups is 3. The van der Waals surface area contributed by atoms with E-state index in [1.807, 2.05) is 0 Å². The SMILES string of the molecule is CCCCc1ccc(S(=O)(=O)Nc2ccc(CNCCC(=O)Nc3ccc(NS(=O)(=O)c4ccc(CCCC)cc4)c(C(=O)O)c3)cc2C(=O)O)cc1. The first kappa shape index (κ1) is 40.5. The Morgan fingerprint density at radius 1 is 0.604 bits per heavy atom. The van der Waals surface area contributed by atoms with Crippen molar-refractivity contribution in [3.05, 3.63) is 113 Å². The average Bonchev–Trinajstić information content (AvgIpc) is 3.12. The number of hydrogen-bond donors (Lipinski definition) is 6. The number of rotatable bonds is 20. The van der Waals surface area contributed by atoms with Gasteiger partial charge in [-0.3, -0.25) is 14.2 Å². The molecule has 6 N–H and O–H groups in total. The predicted octanol–water partition coefficient (Wildman–Crippen LogP) is 6.49. The van der Waals surface area contributed by atoms with E-state index in [1.54, 1.807) is 30.3 Å². The molecule has 0 bridgehead atoms. The lowest BCUT2D eigenvalue weighted by Gasteiger charge is -2.14. The molecule has 0 fully saturated rings. The van der Waals surface area contributed by atoms with Gasteiger partial charge < -0.3 is 20.8 Å². The van der Waals surface area contributed by atoms with E-state index < -0.39 is 37.9 Å². The van der Waals surface area contributed by atoms with Gasteiger partial charge in [0.15, 0.2) is 0 Å². The summed E-state index contributed by atoms with van der Waals surface area (Å²) in [5, 5.41) is 25.2. The summed E-state index contributed by atoms with van der Waals surface area (Å²) < 4.78 is 56.7. The second-order valence-electron chi connectivity index (χ2n) is 12.4. The zero-order chi connectivity index (χ0) is 38.6. The van der Waals surface area contributed by atoms with Gasteiger partial charge >= 0.3 is 11.9 Å². The smallest absolute Gasteiger partial charge is 0.337 e. The van der Waals surface area contributed by atoms with Crippen LogP contribution in [0.2, 0.25) is 0 Å². The average molecular weight is 765 g/mol. The maximum atomic E-state index is 13.0. The third-order valence-corrected chi connectivity index (χ3v) is 11.1. The van der Waals surface area contributed by atoms with Crippen LogP contribution in [0, 0.1) is 0 Å². The van der Waals surface area contributed by atoms with Crippen LogP contribution < -0.4 is 20.1 Å². The van der Waals surface area contributed by atoms with Gasteiger partial charge in [0.05, 0.1) is 32.3 Å². The minimum absolute atomic E-state index is 0.0111. The zero-order valence-electron chi connectivity index (χ0n) is 29.5. The van der Waals surface area contributed by atoms with Crippen molar-refractivity contribution in [2.45, 2.75) is 75.1 Å². The molecule has 4 aromatic carbocycles. The Hall–Kier alpha value is -5.25. The molecular weight excluding hydrogens is 721 g/mol. The summed E-state index contributed by atoms with van der Waals surface area (Å²) in [6.07, 6.45) is 5.59. The van der Waals surface area contributed by atoms with Crippen LogP contribution in [0.25, 0.3) is 0 Å². The standard InChI is InChI=1S/C38H44N4O9S2/c1-3-5-7-26-9-15-30(16-10-26)52(48,49)41-34-19-13-28(23-32(34)37(44)45)25-39-22-21-36(43)40-29-14-20-35(33(24-29)38(46)47)42-53(50,51)31-17-11-27(12-18-31)8-6-4-2/h9-20,23-24,39,41-42H,3-8,21-22,25H2,1-2H3,(H,40,43)(H,44,45)(H,46,47). The lowest BCUT2D eigenvalue weighted by Crippen LogP contribution is -2.22. The van der Waals surface area contributed by atoms with Crippen molar-refractivity contribution >= 4 is 55.0 Å². The number of aryl methyl sites for hydroxylation is 2. The molecule has 15 heteroatoms. The lowest BCUT2D eigenvalue weighted by molar-refractivity contribution is -0.116. The summed E-state index contributed by atoms with van der Waals surface area (Å²) in [6.45, 7) is 4.46. The van der Waals surface area contributed by atoms with Gasteiger partial charge in [-0.1, -0.05) is 57.0 Å². The minimum atomic E-state index is -4.09. The van der Waals surface area contributed by atoms with E-state index in [1.165, 1.54) is 48.5 Å². The Labute approximate surface area is 310 Å². The molecule has 0 aliphatic carbocycles. The number of anilines is 3. The van der Waals surface area contributed by atoms with Gasteiger partial charge in [-0.15, -0.1) is 0 Å². The Kier molecular flexibility index (Phi) is 14.1.